The van der Waals surface area contributed by atoms with Crippen LogP contribution in [0.4, 0.5) is 0 Å². The average molecular weight is 251 g/mol. The fraction of sp³-hybridized carbons (Fsp3) is 0.417. The van der Waals surface area contributed by atoms with Gasteiger partial charge in [-0.3, -0.25) is 10.1 Å². The predicted molar refractivity (Wildman–Crippen MR) is 65.3 cm³/mol. The Morgan fingerprint density at radius 3 is 2.83 bits per heavy atom. The molecule has 98 valence electrons. The Balaban J connectivity index is 2.00. The summed E-state index contributed by atoms with van der Waals surface area (Å²) in [6.45, 7) is 4.03. The molecular weight excluding hydrogens is 234 g/mol. The third-order valence-electron chi connectivity index (χ3n) is 2.88. The first-order chi connectivity index (χ1) is 8.49. The van der Waals surface area contributed by atoms with Crippen LogP contribution >= 0.6 is 0 Å². The van der Waals surface area contributed by atoms with Crippen LogP contribution in [0.5, 0.6) is 0 Å². The SMILES string of the molecule is CC1=C(O)C(=O)N(C)C(NCc2ccc(C)o2)N1. The lowest BCUT2D eigenvalue weighted by atomic mass is 10.3. The summed E-state index contributed by atoms with van der Waals surface area (Å²) in [6.07, 6.45) is -0.362. The molecule has 0 saturated carbocycles. The van der Waals surface area contributed by atoms with E-state index in [9.17, 15) is 9.90 Å². The van der Waals surface area contributed by atoms with Gasteiger partial charge in [-0.05, 0) is 26.0 Å². The van der Waals surface area contributed by atoms with Crippen molar-refractivity contribution in [3.05, 3.63) is 35.1 Å². The third-order valence-corrected chi connectivity index (χ3v) is 2.88. The van der Waals surface area contributed by atoms with Crippen LogP contribution in [-0.2, 0) is 11.3 Å². The number of aliphatic hydroxyl groups is 1. The van der Waals surface area contributed by atoms with E-state index in [-0.39, 0.29) is 12.0 Å². The van der Waals surface area contributed by atoms with Gasteiger partial charge in [-0.2, -0.15) is 0 Å². The number of nitrogens with zero attached hydrogens (tertiary/aromatic N) is 1. The minimum Gasteiger partial charge on any atom is -0.502 e. The number of nitrogens with one attached hydrogen (secondary N) is 2. The zero-order chi connectivity index (χ0) is 13.3. The van der Waals surface area contributed by atoms with Gasteiger partial charge in [-0.25, -0.2) is 0 Å². The molecule has 1 amide bonds. The predicted octanol–water partition coefficient (Wildman–Crippen LogP) is 0.812. The molecule has 18 heavy (non-hydrogen) atoms. The number of carbonyl (C=O) groups excluding carboxylic acids is 1. The number of aryl methyl sites for hydroxylation is 1. The van der Waals surface area contributed by atoms with E-state index in [1.54, 1.807) is 14.0 Å². The minimum absolute atomic E-state index is 0.246. The van der Waals surface area contributed by atoms with Crippen LogP contribution in [0, 0.1) is 6.92 Å². The second kappa shape index (κ2) is 4.73. The number of aliphatic hydroxyl groups excluding tert-OH is 1. The van der Waals surface area contributed by atoms with Crippen LogP contribution < -0.4 is 10.6 Å². The Morgan fingerprint density at radius 1 is 1.50 bits per heavy atom. The highest BCUT2D eigenvalue weighted by molar-refractivity contribution is 5.92. The molecule has 0 radical (unpaired) electrons. The topological polar surface area (TPSA) is 77.7 Å². The third kappa shape index (κ3) is 2.33. The highest BCUT2D eigenvalue weighted by Gasteiger charge is 2.29. The van der Waals surface area contributed by atoms with Gasteiger partial charge in [0.15, 0.2) is 6.29 Å². The molecule has 2 rings (SSSR count). The Morgan fingerprint density at radius 2 is 2.22 bits per heavy atom. The lowest BCUT2D eigenvalue weighted by Crippen LogP contribution is -2.58. The summed E-state index contributed by atoms with van der Waals surface area (Å²) in [5.41, 5.74) is 0.464. The van der Waals surface area contributed by atoms with E-state index >= 15 is 0 Å². The molecule has 1 unspecified atom stereocenters. The molecular formula is C12H17N3O3. The van der Waals surface area contributed by atoms with Crippen LogP contribution in [0.25, 0.3) is 0 Å². The average Bonchev–Trinajstić information content (AvgIpc) is 2.75. The van der Waals surface area contributed by atoms with Gasteiger partial charge in [-0.1, -0.05) is 0 Å². The number of carbonyl (C=O) groups is 1. The van der Waals surface area contributed by atoms with Gasteiger partial charge in [0.2, 0.25) is 5.76 Å². The van der Waals surface area contributed by atoms with Crippen molar-refractivity contribution in [3.63, 3.8) is 0 Å². The second-order valence-corrected chi connectivity index (χ2v) is 4.33. The van der Waals surface area contributed by atoms with Crippen molar-refractivity contribution < 1.29 is 14.3 Å². The van der Waals surface area contributed by atoms with E-state index in [4.69, 9.17) is 4.42 Å². The maximum Gasteiger partial charge on any atom is 0.292 e. The van der Waals surface area contributed by atoms with Gasteiger partial charge in [0.05, 0.1) is 12.2 Å². The van der Waals surface area contributed by atoms with Gasteiger partial charge in [0.1, 0.15) is 11.5 Å². The first kappa shape index (κ1) is 12.5. The van der Waals surface area contributed by atoms with Gasteiger partial charge < -0.3 is 19.7 Å². The van der Waals surface area contributed by atoms with Crippen molar-refractivity contribution in [1.29, 1.82) is 0 Å². The molecule has 1 atom stereocenters. The number of hydrogen-bond donors (Lipinski definition) is 3. The zero-order valence-electron chi connectivity index (χ0n) is 10.7. The van der Waals surface area contributed by atoms with Gasteiger partial charge in [0, 0.05) is 7.05 Å². The van der Waals surface area contributed by atoms with Gasteiger partial charge in [0.25, 0.3) is 5.91 Å². The maximum atomic E-state index is 11.7. The standard InChI is InChI=1S/C12H17N3O3/c1-7-4-5-9(18-7)6-13-12-14-8(2)10(16)11(17)15(12)3/h4-5,12-14,16H,6H2,1-3H3. The minimum atomic E-state index is -0.403. The number of hydrogen-bond acceptors (Lipinski definition) is 5. The van der Waals surface area contributed by atoms with Gasteiger partial charge >= 0.3 is 0 Å². The Bertz CT molecular complexity index is 493. The fourth-order valence-corrected chi connectivity index (χ4v) is 1.78. The van der Waals surface area contributed by atoms with E-state index in [2.05, 4.69) is 10.6 Å². The van der Waals surface area contributed by atoms with Crippen LogP contribution in [-0.4, -0.2) is 29.3 Å². The number of likely N-dealkylation sites (N-methyl/N-ethyl adjacent to an activating group) is 1. The number of allylic oxidation sites excluding steroid dienone is 1. The smallest absolute Gasteiger partial charge is 0.292 e. The maximum absolute atomic E-state index is 11.7. The van der Waals surface area contributed by atoms with Crippen molar-refractivity contribution in [2.24, 2.45) is 0 Å². The molecule has 0 aromatic carbocycles. The highest BCUT2D eigenvalue weighted by atomic mass is 16.3. The Hall–Kier alpha value is -1.95. The largest absolute Gasteiger partial charge is 0.502 e. The van der Waals surface area contributed by atoms with E-state index in [1.165, 1.54) is 4.90 Å². The first-order valence-corrected chi connectivity index (χ1v) is 5.71. The van der Waals surface area contributed by atoms with E-state index in [1.807, 2.05) is 19.1 Å². The summed E-state index contributed by atoms with van der Waals surface area (Å²) in [4.78, 5) is 13.1. The molecule has 3 N–H and O–H groups in total. The van der Waals surface area contributed by atoms with Crippen LogP contribution in [0.2, 0.25) is 0 Å². The van der Waals surface area contributed by atoms with Crippen molar-refractivity contribution >= 4 is 5.91 Å². The van der Waals surface area contributed by atoms with Crippen molar-refractivity contribution in [2.45, 2.75) is 26.7 Å². The Labute approximate surface area is 105 Å². The van der Waals surface area contributed by atoms with Crippen LogP contribution in [0.15, 0.2) is 28.0 Å². The second-order valence-electron chi connectivity index (χ2n) is 4.33. The summed E-state index contributed by atoms with van der Waals surface area (Å²) >= 11 is 0. The molecule has 0 fully saturated rings. The summed E-state index contributed by atoms with van der Waals surface area (Å²) in [7, 11) is 1.61. The molecule has 1 aliphatic rings. The van der Waals surface area contributed by atoms with Crippen molar-refractivity contribution in [2.75, 3.05) is 7.05 Å². The van der Waals surface area contributed by atoms with Crippen molar-refractivity contribution in [3.8, 4) is 0 Å². The molecule has 0 aliphatic carbocycles. The lowest BCUT2D eigenvalue weighted by molar-refractivity contribution is -0.133. The number of amides is 1. The monoisotopic (exact) mass is 251 g/mol. The summed E-state index contributed by atoms with van der Waals surface area (Å²) < 4.78 is 5.43. The van der Waals surface area contributed by atoms with E-state index in [0.717, 1.165) is 11.5 Å². The normalized spacial score (nSPS) is 20.3. The number of furan rings is 1. The van der Waals surface area contributed by atoms with Crippen LogP contribution in [0.1, 0.15) is 18.4 Å². The summed E-state index contributed by atoms with van der Waals surface area (Å²) in [6, 6.07) is 3.77. The molecule has 2 heterocycles. The van der Waals surface area contributed by atoms with Crippen molar-refractivity contribution in [1.82, 2.24) is 15.5 Å². The zero-order valence-corrected chi connectivity index (χ0v) is 10.7. The fourth-order valence-electron chi connectivity index (χ4n) is 1.78. The first-order valence-electron chi connectivity index (χ1n) is 5.71. The summed E-state index contributed by atoms with van der Waals surface area (Å²) in [5.74, 6) is 0.997. The van der Waals surface area contributed by atoms with Crippen LogP contribution in [0.3, 0.4) is 0 Å². The van der Waals surface area contributed by atoms with E-state index < -0.39 is 5.91 Å². The van der Waals surface area contributed by atoms with E-state index in [0.29, 0.717) is 12.2 Å². The lowest BCUT2D eigenvalue weighted by Gasteiger charge is -2.34. The quantitative estimate of drug-likeness (QED) is 0.741. The molecule has 6 nitrogen and oxygen atoms in total. The summed E-state index contributed by atoms with van der Waals surface area (Å²) in [5, 5.41) is 15.6. The molecule has 1 aliphatic heterocycles. The molecule has 1 aromatic heterocycles. The molecule has 6 heteroatoms. The highest BCUT2D eigenvalue weighted by Crippen LogP contribution is 2.12. The Kier molecular flexibility index (Phi) is 3.29. The molecule has 0 spiro atoms. The molecule has 1 aromatic rings. The van der Waals surface area contributed by atoms with Gasteiger partial charge in [-0.15, -0.1) is 0 Å². The molecule has 0 bridgehead atoms. The number of rotatable bonds is 3. The molecule has 0 saturated heterocycles.